The molecule has 2 aromatic rings. The van der Waals surface area contributed by atoms with E-state index >= 15 is 0 Å². The number of nitrogens with zero attached hydrogens (tertiary/aromatic N) is 1. The minimum absolute atomic E-state index is 0.0319. The van der Waals surface area contributed by atoms with E-state index in [-0.39, 0.29) is 16.9 Å². The second-order valence-corrected chi connectivity index (χ2v) is 6.49. The molecule has 1 heterocycles. The van der Waals surface area contributed by atoms with Gasteiger partial charge in [-0.2, -0.15) is 0 Å². The molecule has 3 rings (SSSR count). The zero-order valence-corrected chi connectivity index (χ0v) is 13.6. The van der Waals surface area contributed by atoms with E-state index in [1.165, 1.54) is 11.6 Å². The third kappa shape index (κ3) is 3.82. The van der Waals surface area contributed by atoms with Crippen LogP contribution >= 0.6 is 11.6 Å². The van der Waals surface area contributed by atoms with E-state index in [0.29, 0.717) is 19.5 Å². The Labute approximate surface area is 140 Å². The van der Waals surface area contributed by atoms with Crippen molar-refractivity contribution in [1.29, 1.82) is 0 Å². The predicted octanol–water partition coefficient (Wildman–Crippen LogP) is 2.74. The van der Waals surface area contributed by atoms with Gasteiger partial charge in [-0.3, -0.25) is 9.59 Å². The number of amides is 1. The Morgan fingerprint density at radius 2 is 2.04 bits per heavy atom. The molecule has 0 atom stereocenters. The van der Waals surface area contributed by atoms with Gasteiger partial charge in [0.05, 0.1) is 0 Å². The average Bonchev–Trinajstić information content (AvgIpc) is 3.33. The summed E-state index contributed by atoms with van der Waals surface area (Å²) in [4.78, 5) is 23.6. The van der Waals surface area contributed by atoms with Crippen LogP contribution in [0.5, 0.6) is 0 Å². The van der Waals surface area contributed by atoms with Crippen molar-refractivity contribution in [2.24, 2.45) is 0 Å². The molecule has 1 saturated carbocycles. The summed E-state index contributed by atoms with van der Waals surface area (Å²) in [5.74, 6) is -0.0333. The smallest absolute Gasteiger partial charge is 0.250 e. The highest BCUT2D eigenvalue weighted by molar-refractivity contribution is 6.30. The molecule has 4 nitrogen and oxygen atoms in total. The molecule has 5 heteroatoms. The highest BCUT2D eigenvalue weighted by Gasteiger charge is 2.44. The Bertz CT molecular complexity index is 765. The van der Waals surface area contributed by atoms with Crippen LogP contribution in [-0.2, 0) is 16.8 Å². The highest BCUT2D eigenvalue weighted by atomic mass is 35.5. The van der Waals surface area contributed by atoms with E-state index in [1.54, 1.807) is 22.9 Å². The van der Waals surface area contributed by atoms with E-state index < -0.39 is 0 Å². The summed E-state index contributed by atoms with van der Waals surface area (Å²) < 4.78 is 1.55. The van der Waals surface area contributed by atoms with Crippen molar-refractivity contribution in [3.63, 3.8) is 0 Å². The lowest BCUT2D eigenvalue weighted by atomic mass is 9.96. The number of hydrogen-bond donors (Lipinski definition) is 1. The molecule has 1 fully saturated rings. The van der Waals surface area contributed by atoms with Gasteiger partial charge in [0, 0.05) is 42.2 Å². The maximum absolute atomic E-state index is 12.0. The molecule has 0 saturated heterocycles. The molecule has 0 aliphatic heterocycles. The molecule has 0 bridgehead atoms. The summed E-state index contributed by atoms with van der Waals surface area (Å²) >= 11 is 6.05. The third-order valence-corrected chi connectivity index (χ3v) is 4.63. The van der Waals surface area contributed by atoms with E-state index in [1.807, 2.05) is 18.2 Å². The van der Waals surface area contributed by atoms with Gasteiger partial charge in [0.15, 0.2) is 0 Å². The van der Waals surface area contributed by atoms with Crippen LogP contribution < -0.4 is 10.9 Å². The minimum Gasteiger partial charge on any atom is -0.355 e. The molecule has 1 aromatic carbocycles. The van der Waals surface area contributed by atoms with Crippen molar-refractivity contribution in [2.75, 3.05) is 6.54 Å². The maximum Gasteiger partial charge on any atom is 0.250 e. The number of aryl methyl sites for hydroxylation is 1. The second kappa shape index (κ2) is 6.59. The van der Waals surface area contributed by atoms with Crippen LogP contribution in [0.15, 0.2) is 53.5 Å². The Morgan fingerprint density at radius 3 is 2.74 bits per heavy atom. The number of nitrogens with one attached hydrogen (secondary N) is 1. The van der Waals surface area contributed by atoms with Crippen molar-refractivity contribution in [3.8, 4) is 0 Å². The highest BCUT2D eigenvalue weighted by Crippen LogP contribution is 2.48. The van der Waals surface area contributed by atoms with E-state index in [0.717, 1.165) is 17.9 Å². The normalized spacial score (nSPS) is 15.2. The Balaban J connectivity index is 1.53. The van der Waals surface area contributed by atoms with Gasteiger partial charge in [-0.15, -0.1) is 0 Å². The van der Waals surface area contributed by atoms with Crippen molar-refractivity contribution >= 4 is 17.5 Å². The zero-order valence-electron chi connectivity index (χ0n) is 12.8. The number of halogens is 1. The zero-order chi connectivity index (χ0) is 16.3. The number of carbonyl (C=O) groups excluding carboxylic acids is 1. The molecular formula is C18H19ClN2O2. The fourth-order valence-electron chi connectivity index (χ4n) is 2.76. The molecule has 1 aliphatic carbocycles. The molecule has 0 spiro atoms. The van der Waals surface area contributed by atoms with Gasteiger partial charge in [-0.25, -0.2) is 0 Å². The topological polar surface area (TPSA) is 51.1 Å². The van der Waals surface area contributed by atoms with E-state index in [4.69, 9.17) is 11.6 Å². The van der Waals surface area contributed by atoms with Gasteiger partial charge >= 0.3 is 0 Å². The summed E-state index contributed by atoms with van der Waals surface area (Å²) in [5, 5.41) is 3.72. The molecule has 120 valence electrons. The van der Waals surface area contributed by atoms with Crippen LogP contribution in [0.4, 0.5) is 0 Å². The number of carbonyl (C=O) groups is 1. The number of aromatic nitrogens is 1. The van der Waals surface area contributed by atoms with Crippen LogP contribution in [0, 0.1) is 0 Å². The summed E-state index contributed by atoms with van der Waals surface area (Å²) in [6.07, 6.45) is 4.12. The van der Waals surface area contributed by atoms with E-state index in [9.17, 15) is 9.59 Å². The monoisotopic (exact) mass is 330 g/mol. The molecule has 1 amide bonds. The van der Waals surface area contributed by atoms with Crippen LogP contribution in [0.25, 0.3) is 0 Å². The van der Waals surface area contributed by atoms with Gasteiger partial charge in [-0.05, 0) is 36.6 Å². The van der Waals surface area contributed by atoms with Crippen LogP contribution in [-0.4, -0.2) is 17.0 Å². The van der Waals surface area contributed by atoms with Gasteiger partial charge in [-0.1, -0.05) is 29.8 Å². The molecule has 23 heavy (non-hydrogen) atoms. The summed E-state index contributed by atoms with van der Waals surface area (Å²) in [5.41, 5.74) is 1.13. The fourth-order valence-corrected chi connectivity index (χ4v) is 2.95. The molecule has 1 N–H and O–H groups in total. The Hall–Kier alpha value is -2.07. The molecule has 1 aromatic heterocycles. The lowest BCUT2D eigenvalue weighted by Gasteiger charge is -2.17. The number of pyridine rings is 1. The summed E-state index contributed by atoms with van der Waals surface area (Å²) in [7, 11) is 0. The number of hydrogen-bond acceptors (Lipinski definition) is 2. The quantitative estimate of drug-likeness (QED) is 0.885. The second-order valence-electron chi connectivity index (χ2n) is 6.05. The first-order valence-electron chi connectivity index (χ1n) is 7.77. The van der Waals surface area contributed by atoms with Crippen molar-refractivity contribution < 1.29 is 4.79 Å². The van der Waals surface area contributed by atoms with E-state index in [2.05, 4.69) is 11.4 Å². The molecule has 1 aliphatic rings. The maximum atomic E-state index is 12.0. The standard InChI is InChI=1S/C18H19ClN2O2/c19-15-5-3-4-14(12-15)18(8-9-18)13-20-16(22)7-11-21-10-2-1-6-17(21)23/h1-6,10,12H,7-9,11,13H2,(H,20,22). The summed E-state index contributed by atoms with van der Waals surface area (Å²) in [6.45, 7) is 1.02. The SMILES string of the molecule is O=C(CCn1ccccc1=O)NCC1(c2cccc(Cl)c2)CC1. The van der Waals surface area contributed by atoms with Crippen LogP contribution in [0.2, 0.25) is 5.02 Å². The predicted molar refractivity (Wildman–Crippen MR) is 90.7 cm³/mol. The van der Waals surface area contributed by atoms with Crippen molar-refractivity contribution in [3.05, 3.63) is 69.6 Å². The number of benzene rings is 1. The Morgan fingerprint density at radius 1 is 1.22 bits per heavy atom. The lowest BCUT2D eigenvalue weighted by molar-refractivity contribution is -0.121. The van der Waals surface area contributed by atoms with Gasteiger partial charge in [0.2, 0.25) is 5.91 Å². The fraction of sp³-hybridized carbons (Fsp3) is 0.333. The van der Waals surface area contributed by atoms with Crippen molar-refractivity contribution in [1.82, 2.24) is 9.88 Å². The summed E-state index contributed by atoms with van der Waals surface area (Å²) in [6, 6.07) is 12.8. The van der Waals surface area contributed by atoms with Gasteiger partial charge in [0.1, 0.15) is 0 Å². The van der Waals surface area contributed by atoms with Crippen LogP contribution in [0.1, 0.15) is 24.8 Å². The number of rotatable bonds is 6. The first kappa shape index (κ1) is 15.8. The third-order valence-electron chi connectivity index (χ3n) is 4.39. The molecular weight excluding hydrogens is 312 g/mol. The van der Waals surface area contributed by atoms with Gasteiger partial charge < -0.3 is 9.88 Å². The largest absolute Gasteiger partial charge is 0.355 e. The van der Waals surface area contributed by atoms with Crippen LogP contribution in [0.3, 0.4) is 0 Å². The van der Waals surface area contributed by atoms with Crippen molar-refractivity contribution in [2.45, 2.75) is 31.2 Å². The molecule has 0 radical (unpaired) electrons. The molecule has 0 unspecified atom stereocenters. The first-order valence-corrected chi connectivity index (χ1v) is 8.15. The lowest BCUT2D eigenvalue weighted by Crippen LogP contribution is -2.33. The average molecular weight is 331 g/mol. The van der Waals surface area contributed by atoms with Gasteiger partial charge in [0.25, 0.3) is 5.56 Å². The minimum atomic E-state index is -0.0853. The first-order chi connectivity index (χ1) is 11.1. The Kier molecular flexibility index (Phi) is 4.53.